The molecule has 1 N–H and O–H groups in total. The van der Waals surface area contributed by atoms with Gasteiger partial charge < -0.3 is 33.9 Å². The van der Waals surface area contributed by atoms with Gasteiger partial charge in [-0.15, -0.1) is 0 Å². The average molecular weight is 537 g/mol. The van der Waals surface area contributed by atoms with Crippen molar-refractivity contribution < 1.29 is 57.0 Å². The third kappa shape index (κ3) is 8.26. The molecule has 0 radical (unpaired) electrons. The minimum atomic E-state index is -2.03. The summed E-state index contributed by atoms with van der Waals surface area (Å²) in [5.74, 6) is -5.14. The summed E-state index contributed by atoms with van der Waals surface area (Å²) in [5, 5.41) is 9.74. The van der Waals surface area contributed by atoms with Crippen LogP contribution in [0.4, 0.5) is 0 Å². The second kappa shape index (κ2) is 13.3. The topological polar surface area (TPSA) is 183 Å². The van der Waals surface area contributed by atoms with Crippen LogP contribution < -0.4 is 0 Å². The lowest BCUT2D eigenvalue weighted by Crippen LogP contribution is -2.59. The molecule has 14 nitrogen and oxygen atoms in total. The first-order valence-electron chi connectivity index (χ1n) is 10.8. The summed E-state index contributed by atoms with van der Waals surface area (Å²) in [6.45, 7) is 4.50. The fraction of sp³-hybridized carbons (Fsp3) is 0.714. The molecule has 1 aliphatic heterocycles. The summed E-state index contributed by atoms with van der Waals surface area (Å²) < 4.78 is 33.5. The van der Waals surface area contributed by atoms with E-state index in [4.69, 9.17) is 18.9 Å². The second-order valence-electron chi connectivity index (χ2n) is 8.20. The van der Waals surface area contributed by atoms with Gasteiger partial charge in [0.2, 0.25) is 11.8 Å². The van der Waals surface area contributed by atoms with Crippen LogP contribution in [0.3, 0.4) is 0 Å². The van der Waals surface area contributed by atoms with Crippen LogP contribution in [0.2, 0.25) is 0 Å². The van der Waals surface area contributed by atoms with Crippen LogP contribution in [-0.4, -0.2) is 117 Å². The Morgan fingerprint density at radius 2 is 1.39 bits per heavy atom. The Morgan fingerprint density at radius 3 is 1.81 bits per heavy atom. The standard InChI is InChI=1S/C21H32N2O12S/c1-10(24)23-15(20(30)22(6)7)9-36(31)21(23)17(29)19(35-14(5)28)18(34-13(4)27)16(33-12(3)26)8-32-11(2)25/h15-19,21,29H,8-9H2,1-7H3/t15-,16?,17?,18?,19?,21+,36?/m0/s1. The molecule has 204 valence electrons. The second-order valence-corrected chi connectivity index (χ2v) is 9.78. The van der Waals surface area contributed by atoms with E-state index >= 15 is 0 Å². The lowest BCUT2D eigenvalue weighted by atomic mass is 10.0. The largest absolute Gasteiger partial charge is 0.462 e. The molecule has 36 heavy (non-hydrogen) atoms. The Labute approximate surface area is 210 Å². The summed E-state index contributed by atoms with van der Waals surface area (Å²) in [6.07, 6.45) is -7.15. The van der Waals surface area contributed by atoms with Gasteiger partial charge in [0.25, 0.3) is 0 Å². The summed E-state index contributed by atoms with van der Waals surface area (Å²) in [5.41, 5.74) is 0. The van der Waals surface area contributed by atoms with Crippen molar-refractivity contribution in [1.29, 1.82) is 0 Å². The van der Waals surface area contributed by atoms with E-state index in [1.54, 1.807) is 0 Å². The molecule has 0 saturated carbocycles. The Balaban J connectivity index is 3.58. The Morgan fingerprint density at radius 1 is 0.889 bits per heavy atom. The van der Waals surface area contributed by atoms with Crippen molar-refractivity contribution in [1.82, 2.24) is 9.80 Å². The molecule has 0 aromatic carbocycles. The van der Waals surface area contributed by atoms with Gasteiger partial charge in [-0.1, -0.05) is 0 Å². The van der Waals surface area contributed by atoms with Gasteiger partial charge in [-0.2, -0.15) is 0 Å². The first-order chi connectivity index (χ1) is 16.6. The molecule has 5 unspecified atom stereocenters. The molecule has 15 heteroatoms. The number of likely N-dealkylation sites (N-methyl/N-ethyl adjacent to an activating group) is 1. The summed E-state index contributed by atoms with van der Waals surface area (Å²) in [6, 6.07) is -1.19. The third-order valence-corrected chi connectivity index (χ3v) is 6.67. The fourth-order valence-electron chi connectivity index (χ4n) is 3.69. The van der Waals surface area contributed by atoms with Crippen molar-refractivity contribution in [2.45, 2.75) is 70.5 Å². The monoisotopic (exact) mass is 536 g/mol. The predicted molar refractivity (Wildman–Crippen MR) is 121 cm³/mol. The number of aliphatic hydroxyl groups excluding tert-OH is 1. The minimum Gasteiger partial charge on any atom is -0.462 e. The van der Waals surface area contributed by atoms with Crippen LogP contribution in [0.5, 0.6) is 0 Å². The van der Waals surface area contributed by atoms with E-state index in [2.05, 4.69) is 0 Å². The molecular weight excluding hydrogens is 504 g/mol. The average Bonchev–Trinajstić information content (AvgIpc) is 3.09. The number of nitrogens with zero attached hydrogens (tertiary/aromatic N) is 2. The van der Waals surface area contributed by atoms with E-state index in [1.165, 1.54) is 19.0 Å². The van der Waals surface area contributed by atoms with Crippen molar-refractivity contribution >= 4 is 46.5 Å². The number of carbonyl (C=O) groups is 6. The predicted octanol–water partition coefficient (Wildman–Crippen LogP) is -1.90. The first-order valence-corrected chi connectivity index (χ1v) is 12.2. The third-order valence-electron chi connectivity index (χ3n) is 4.98. The molecule has 0 spiro atoms. The maximum Gasteiger partial charge on any atom is 0.303 e. The van der Waals surface area contributed by atoms with Gasteiger partial charge in [0, 0.05) is 59.5 Å². The summed E-state index contributed by atoms with van der Waals surface area (Å²) in [4.78, 5) is 74.1. The number of hydrogen-bond acceptors (Lipinski definition) is 12. The molecule has 0 aliphatic carbocycles. The molecule has 2 amide bonds. The van der Waals surface area contributed by atoms with Crippen molar-refractivity contribution in [2.75, 3.05) is 26.5 Å². The number of ether oxygens (including phenoxy) is 4. The molecule has 1 saturated heterocycles. The fourth-order valence-corrected chi connectivity index (χ4v) is 5.51. The number of esters is 4. The quantitative estimate of drug-likeness (QED) is 0.242. The molecule has 1 fully saturated rings. The molecule has 0 aromatic rings. The smallest absolute Gasteiger partial charge is 0.303 e. The van der Waals surface area contributed by atoms with Gasteiger partial charge in [-0.3, -0.25) is 33.0 Å². The zero-order valence-electron chi connectivity index (χ0n) is 21.1. The van der Waals surface area contributed by atoms with E-state index in [0.29, 0.717) is 0 Å². The molecule has 0 bridgehead atoms. The number of aliphatic hydroxyl groups is 1. The summed E-state index contributed by atoms with van der Waals surface area (Å²) >= 11 is 0. The maximum atomic E-state index is 13.0. The van der Waals surface area contributed by atoms with E-state index in [1.807, 2.05) is 0 Å². The van der Waals surface area contributed by atoms with E-state index in [0.717, 1.165) is 39.5 Å². The highest BCUT2D eigenvalue weighted by Gasteiger charge is 2.53. The van der Waals surface area contributed by atoms with Crippen LogP contribution >= 0.6 is 0 Å². The van der Waals surface area contributed by atoms with Crippen molar-refractivity contribution in [3.63, 3.8) is 0 Å². The molecule has 0 aromatic heterocycles. The number of carbonyl (C=O) groups excluding carboxylic acids is 6. The molecule has 1 rings (SSSR count). The minimum absolute atomic E-state index is 0.315. The van der Waals surface area contributed by atoms with Crippen LogP contribution in [0, 0.1) is 0 Å². The van der Waals surface area contributed by atoms with Gasteiger partial charge in [0.15, 0.2) is 18.3 Å². The zero-order valence-corrected chi connectivity index (χ0v) is 21.9. The van der Waals surface area contributed by atoms with Crippen LogP contribution in [0.15, 0.2) is 0 Å². The lowest BCUT2D eigenvalue weighted by molar-refractivity contribution is -0.200. The van der Waals surface area contributed by atoms with Gasteiger partial charge in [-0.25, -0.2) is 0 Å². The number of rotatable bonds is 10. The molecule has 1 aliphatic rings. The van der Waals surface area contributed by atoms with Gasteiger partial charge in [0.05, 0.1) is 5.75 Å². The highest BCUT2D eigenvalue weighted by Crippen LogP contribution is 2.29. The van der Waals surface area contributed by atoms with Crippen molar-refractivity contribution in [3.05, 3.63) is 0 Å². The summed E-state index contributed by atoms with van der Waals surface area (Å²) in [7, 11) is 0.844. The molecular formula is C21H32N2O12S. The van der Waals surface area contributed by atoms with Gasteiger partial charge in [-0.05, 0) is 0 Å². The Hall–Kier alpha value is -3.07. The number of amides is 2. The zero-order chi connectivity index (χ0) is 27.9. The number of hydrogen-bond donors (Lipinski definition) is 1. The van der Waals surface area contributed by atoms with Crippen molar-refractivity contribution in [2.24, 2.45) is 0 Å². The first kappa shape index (κ1) is 31.0. The highest BCUT2D eigenvalue weighted by atomic mass is 32.2. The maximum absolute atomic E-state index is 13.0. The van der Waals surface area contributed by atoms with Crippen LogP contribution in [0.1, 0.15) is 34.6 Å². The Bertz CT molecular complexity index is 907. The SMILES string of the molecule is CC(=O)OCC(OC(C)=O)C(OC(C)=O)C(OC(C)=O)C(O)[C@@H]1N(C(C)=O)[C@H](C(=O)N(C)C)CS1=O. The van der Waals surface area contributed by atoms with Gasteiger partial charge >= 0.3 is 23.9 Å². The van der Waals surface area contributed by atoms with E-state index < -0.39 is 88.9 Å². The molecule has 7 atom stereocenters. The van der Waals surface area contributed by atoms with E-state index in [9.17, 15) is 38.1 Å². The van der Waals surface area contributed by atoms with Crippen molar-refractivity contribution in [3.8, 4) is 0 Å². The van der Waals surface area contributed by atoms with E-state index in [-0.39, 0.29) is 5.75 Å². The normalized spacial score (nSPS) is 22.4. The Kier molecular flexibility index (Phi) is 11.4. The van der Waals surface area contributed by atoms with Gasteiger partial charge in [0.1, 0.15) is 24.1 Å². The van der Waals surface area contributed by atoms with Crippen LogP contribution in [0.25, 0.3) is 0 Å². The van der Waals surface area contributed by atoms with Crippen LogP contribution in [-0.2, 0) is 58.5 Å². The lowest BCUT2D eigenvalue weighted by Gasteiger charge is -2.38. The molecule has 1 heterocycles. The highest BCUT2D eigenvalue weighted by molar-refractivity contribution is 7.86.